The van der Waals surface area contributed by atoms with Crippen LogP contribution in [-0.4, -0.2) is 31.8 Å². The fourth-order valence-electron chi connectivity index (χ4n) is 3.94. The van der Waals surface area contributed by atoms with E-state index < -0.39 is 0 Å². The molecular weight excluding hydrogens is 378 g/mol. The Bertz CT molecular complexity index is 1350. The summed E-state index contributed by atoms with van der Waals surface area (Å²) in [5.74, 6) is -0.121. The van der Waals surface area contributed by atoms with Gasteiger partial charge in [0.15, 0.2) is 5.65 Å². The standard InChI is InChI=1S/C23H21N5O2/c1-15-7-8-18(11-16(15)2)28-22-19(12-25-28)23(30)26(14-24-22)13-21(29)27-10-9-17-5-3-4-6-20(17)27/h3-8,11-12,14H,9-10,13H2,1-2H3. The largest absolute Gasteiger partial charge is 0.310 e. The smallest absolute Gasteiger partial charge is 0.264 e. The molecule has 0 aliphatic carbocycles. The van der Waals surface area contributed by atoms with Gasteiger partial charge in [0.2, 0.25) is 5.91 Å². The maximum Gasteiger partial charge on any atom is 0.264 e. The molecule has 1 aliphatic rings. The first-order valence-corrected chi connectivity index (χ1v) is 9.92. The number of aromatic nitrogens is 4. The predicted octanol–water partition coefficient (Wildman–Crippen LogP) is 2.79. The highest BCUT2D eigenvalue weighted by molar-refractivity contribution is 5.95. The second kappa shape index (κ2) is 6.95. The van der Waals surface area contributed by atoms with Crippen molar-refractivity contribution in [2.75, 3.05) is 11.4 Å². The summed E-state index contributed by atoms with van der Waals surface area (Å²) in [7, 11) is 0. The first-order valence-electron chi connectivity index (χ1n) is 9.92. The highest BCUT2D eigenvalue weighted by Crippen LogP contribution is 2.27. The lowest BCUT2D eigenvalue weighted by Crippen LogP contribution is -2.35. The second-order valence-corrected chi connectivity index (χ2v) is 7.66. The second-order valence-electron chi connectivity index (χ2n) is 7.66. The van der Waals surface area contributed by atoms with Crippen LogP contribution in [0, 0.1) is 13.8 Å². The summed E-state index contributed by atoms with van der Waals surface area (Å²) in [5.41, 5.74) is 5.47. The van der Waals surface area contributed by atoms with Crippen molar-refractivity contribution in [2.45, 2.75) is 26.8 Å². The molecule has 0 fully saturated rings. The van der Waals surface area contributed by atoms with E-state index in [9.17, 15) is 9.59 Å². The molecule has 0 atom stereocenters. The Balaban J connectivity index is 1.47. The van der Waals surface area contributed by atoms with E-state index in [1.165, 1.54) is 22.7 Å². The number of benzene rings is 2. The number of aryl methyl sites for hydroxylation is 2. The van der Waals surface area contributed by atoms with Crippen LogP contribution in [0.5, 0.6) is 0 Å². The zero-order valence-corrected chi connectivity index (χ0v) is 16.9. The first kappa shape index (κ1) is 18.3. The van der Waals surface area contributed by atoms with E-state index in [1.807, 2.05) is 56.3 Å². The van der Waals surface area contributed by atoms with Gasteiger partial charge in [0.25, 0.3) is 5.56 Å². The van der Waals surface area contributed by atoms with Crippen molar-refractivity contribution in [2.24, 2.45) is 0 Å². The maximum absolute atomic E-state index is 13.0. The number of anilines is 1. The van der Waals surface area contributed by atoms with Crippen LogP contribution >= 0.6 is 0 Å². The van der Waals surface area contributed by atoms with Crippen LogP contribution in [0.1, 0.15) is 16.7 Å². The minimum atomic E-state index is -0.268. The highest BCUT2D eigenvalue weighted by Gasteiger charge is 2.24. The third-order valence-electron chi connectivity index (χ3n) is 5.78. The molecule has 4 aromatic rings. The topological polar surface area (TPSA) is 73.0 Å². The Morgan fingerprint density at radius 3 is 2.77 bits per heavy atom. The minimum absolute atomic E-state index is 0.0507. The van der Waals surface area contributed by atoms with Crippen LogP contribution in [0.3, 0.4) is 0 Å². The van der Waals surface area contributed by atoms with Crippen molar-refractivity contribution in [1.82, 2.24) is 19.3 Å². The van der Waals surface area contributed by atoms with Crippen molar-refractivity contribution in [3.8, 4) is 5.69 Å². The number of rotatable bonds is 3. The van der Waals surface area contributed by atoms with Crippen LogP contribution in [0.2, 0.25) is 0 Å². The van der Waals surface area contributed by atoms with Crippen LogP contribution in [-0.2, 0) is 17.8 Å². The van der Waals surface area contributed by atoms with E-state index in [1.54, 1.807) is 9.58 Å². The molecule has 1 aliphatic heterocycles. The summed E-state index contributed by atoms with van der Waals surface area (Å²) in [6, 6.07) is 13.9. The average Bonchev–Trinajstić information content (AvgIpc) is 3.37. The molecule has 0 spiro atoms. The van der Waals surface area contributed by atoms with Gasteiger partial charge in [-0.05, 0) is 55.2 Å². The molecule has 0 bridgehead atoms. The van der Waals surface area contributed by atoms with Gasteiger partial charge >= 0.3 is 0 Å². The van der Waals surface area contributed by atoms with Crippen LogP contribution in [0.15, 0.2) is 59.8 Å². The fourth-order valence-corrected chi connectivity index (χ4v) is 3.94. The molecule has 0 saturated heterocycles. The van der Waals surface area contributed by atoms with Crippen molar-refractivity contribution < 1.29 is 4.79 Å². The van der Waals surface area contributed by atoms with E-state index in [0.717, 1.165) is 28.9 Å². The summed E-state index contributed by atoms with van der Waals surface area (Å²) in [5, 5.41) is 4.76. The van der Waals surface area contributed by atoms with Crippen molar-refractivity contribution >= 4 is 22.6 Å². The Hall–Kier alpha value is -3.74. The third-order valence-corrected chi connectivity index (χ3v) is 5.78. The van der Waals surface area contributed by atoms with Gasteiger partial charge in [0, 0.05) is 12.2 Å². The Morgan fingerprint density at radius 1 is 1.10 bits per heavy atom. The van der Waals surface area contributed by atoms with Gasteiger partial charge in [-0.3, -0.25) is 14.2 Å². The van der Waals surface area contributed by atoms with Crippen molar-refractivity contribution in [3.63, 3.8) is 0 Å². The molecule has 7 nitrogen and oxygen atoms in total. The van der Waals surface area contributed by atoms with E-state index in [0.29, 0.717) is 17.6 Å². The number of hydrogen-bond donors (Lipinski definition) is 0. The maximum atomic E-state index is 13.0. The fraction of sp³-hybridized carbons (Fsp3) is 0.217. The van der Waals surface area contributed by atoms with E-state index in [4.69, 9.17) is 0 Å². The number of carbonyl (C=O) groups excluding carboxylic acids is 1. The van der Waals surface area contributed by atoms with E-state index in [2.05, 4.69) is 10.1 Å². The molecule has 0 N–H and O–H groups in total. The quantitative estimate of drug-likeness (QED) is 0.531. The molecule has 2 aromatic carbocycles. The molecule has 5 rings (SSSR count). The predicted molar refractivity (Wildman–Crippen MR) is 115 cm³/mol. The van der Waals surface area contributed by atoms with E-state index >= 15 is 0 Å². The number of amides is 1. The zero-order valence-electron chi connectivity index (χ0n) is 16.9. The molecule has 2 aromatic heterocycles. The lowest BCUT2D eigenvalue weighted by molar-refractivity contribution is -0.119. The highest BCUT2D eigenvalue weighted by atomic mass is 16.2. The molecule has 7 heteroatoms. The van der Waals surface area contributed by atoms with Gasteiger partial charge in [-0.15, -0.1) is 0 Å². The molecular formula is C23H21N5O2. The lowest BCUT2D eigenvalue weighted by atomic mass is 10.1. The summed E-state index contributed by atoms with van der Waals surface area (Å²) in [4.78, 5) is 32.1. The van der Waals surface area contributed by atoms with Crippen LogP contribution in [0.25, 0.3) is 16.7 Å². The first-order chi connectivity index (χ1) is 14.5. The Kier molecular flexibility index (Phi) is 4.24. The summed E-state index contributed by atoms with van der Waals surface area (Å²) in [6.07, 6.45) is 3.78. The monoisotopic (exact) mass is 399 g/mol. The van der Waals surface area contributed by atoms with Crippen molar-refractivity contribution in [3.05, 3.63) is 82.0 Å². The zero-order chi connectivity index (χ0) is 20.8. The number of carbonyl (C=O) groups is 1. The van der Waals surface area contributed by atoms with Crippen molar-refractivity contribution in [1.29, 1.82) is 0 Å². The van der Waals surface area contributed by atoms with Crippen LogP contribution < -0.4 is 10.5 Å². The summed E-state index contributed by atoms with van der Waals surface area (Å²) in [6.45, 7) is 4.66. The van der Waals surface area contributed by atoms with Gasteiger partial charge < -0.3 is 4.90 Å². The molecule has 150 valence electrons. The number of nitrogens with zero attached hydrogens (tertiary/aromatic N) is 5. The van der Waals surface area contributed by atoms with Gasteiger partial charge in [-0.1, -0.05) is 24.3 Å². The third kappa shape index (κ3) is 2.90. The van der Waals surface area contributed by atoms with Gasteiger partial charge in [-0.25, -0.2) is 9.67 Å². The normalized spacial score (nSPS) is 13.1. The number of fused-ring (bicyclic) bond motifs is 2. The number of para-hydroxylation sites is 1. The van der Waals surface area contributed by atoms with Gasteiger partial charge in [0.1, 0.15) is 18.3 Å². The van der Waals surface area contributed by atoms with E-state index in [-0.39, 0.29) is 18.0 Å². The van der Waals surface area contributed by atoms with Crippen LogP contribution in [0.4, 0.5) is 5.69 Å². The Morgan fingerprint density at radius 2 is 1.93 bits per heavy atom. The molecule has 0 radical (unpaired) electrons. The molecule has 0 unspecified atom stereocenters. The SMILES string of the molecule is Cc1ccc(-n2ncc3c(=O)n(CC(=O)N4CCc5ccccc54)cnc32)cc1C. The van der Waals surface area contributed by atoms with Gasteiger partial charge in [-0.2, -0.15) is 5.10 Å². The molecule has 0 saturated carbocycles. The minimum Gasteiger partial charge on any atom is -0.310 e. The molecule has 1 amide bonds. The molecule has 3 heterocycles. The number of hydrogen-bond acceptors (Lipinski definition) is 4. The average molecular weight is 399 g/mol. The molecule has 30 heavy (non-hydrogen) atoms. The summed E-state index contributed by atoms with van der Waals surface area (Å²) < 4.78 is 3.02. The Labute approximate surface area is 173 Å². The lowest BCUT2D eigenvalue weighted by Gasteiger charge is -2.17. The van der Waals surface area contributed by atoms with Gasteiger partial charge in [0.05, 0.1) is 11.9 Å². The summed E-state index contributed by atoms with van der Waals surface area (Å²) >= 11 is 0.